The first-order valence-corrected chi connectivity index (χ1v) is 30.4. The molecule has 0 amide bonds. The summed E-state index contributed by atoms with van der Waals surface area (Å²) in [5.41, 5.74) is 16.1. The first-order valence-electron chi connectivity index (χ1n) is 23.1. The Kier molecular flexibility index (Phi) is 13.7. The quantitative estimate of drug-likeness (QED) is 0.107. The van der Waals surface area contributed by atoms with E-state index < -0.39 is 13.3 Å². The van der Waals surface area contributed by atoms with Gasteiger partial charge in [-0.3, -0.25) is 9.97 Å². The molecule has 0 atom stereocenters. The van der Waals surface area contributed by atoms with E-state index in [0.717, 1.165) is 78.6 Å². The monoisotopic (exact) mass is 1110 g/mol. The minimum absolute atomic E-state index is 0. The topological polar surface area (TPSA) is 56.7 Å². The second kappa shape index (κ2) is 19.3. The van der Waals surface area contributed by atoms with Crippen LogP contribution < -0.4 is 4.40 Å². The van der Waals surface area contributed by atoms with Gasteiger partial charge < -0.3 is 8.98 Å². The van der Waals surface area contributed by atoms with E-state index in [4.69, 9.17) is 19.4 Å². The van der Waals surface area contributed by atoms with Crippen molar-refractivity contribution in [1.29, 1.82) is 0 Å². The van der Waals surface area contributed by atoms with Crippen LogP contribution in [0, 0.1) is 25.0 Å². The van der Waals surface area contributed by atoms with Crippen LogP contribution in [0.15, 0.2) is 144 Å². The number of hydrogen-bond donors (Lipinski definition) is 0. The van der Waals surface area contributed by atoms with Crippen molar-refractivity contribution in [3.63, 3.8) is 0 Å². The van der Waals surface area contributed by atoms with Gasteiger partial charge in [-0.15, -0.1) is 18.2 Å². The van der Waals surface area contributed by atoms with Gasteiger partial charge in [0.1, 0.15) is 5.58 Å². The molecule has 4 heterocycles. The van der Waals surface area contributed by atoms with Gasteiger partial charge in [0.05, 0.1) is 33.7 Å². The fourth-order valence-corrected chi connectivity index (χ4v) is 12.6. The fourth-order valence-electron chi connectivity index (χ4n) is 9.26. The third kappa shape index (κ3) is 9.08. The summed E-state index contributed by atoms with van der Waals surface area (Å²) < 4.78 is 10.5. The Morgan fingerprint density at radius 3 is 2.00 bits per heavy atom. The molecule has 0 aliphatic carbocycles. The summed E-state index contributed by atoms with van der Waals surface area (Å²) in [5.74, 6) is 9.32. The number of nitrogens with zero attached hydrogens (tertiary/aromatic N) is 4. The summed E-state index contributed by atoms with van der Waals surface area (Å²) in [5, 5.41) is 3.22. The third-order valence-electron chi connectivity index (χ3n) is 12.4. The molecule has 0 spiro atoms. The van der Waals surface area contributed by atoms with Crippen molar-refractivity contribution in [2.75, 3.05) is 0 Å². The predicted octanol–water partition coefficient (Wildman–Crippen LogP) is 15.5. The van der Waals surface area contributed by atoms with E-state index in [-0.39, 0.29) is 31.9 Å². The van der Waals surface area contributed by atoms with Crippen LogP contribution in [-0.4, -0.2) is 32.8 Å². The molecule has 0 saturated carbocycles. The molecule has 6 aromatic carbocycles. The number of aromatic nitrogens is 4. The normalized spacial score (nSPS) is 11.8. The minimum atomic E-state index is -1.86. The third-order valence-corrected chi connectivity index (χ3v) is 16.7. The Labute approximate surface area is 406 Å². The molecule has 10 rings (SSSR count). The maximum atomic E-state index is 6.57. The van der Waals surface area contributed by atoms with E-state index in [2.05, 4.69) is 186 Å². The molecule has 66 heavy (non-hydrogen) atoms. The van der Waals surface area contributed by atoms with E-state index >= 15 is 0 Å². The number of pyridine rings is 2. The number of furan rings is 1. The van der Waals surface area contributed by atoms with Crippen LogP contribution in [0.1, 0.15) is 75.8 Å². The predicted molar refractivity (Wildman–Crippen MR) is 276 cm³/mol. The Hall–Kier alpha value is -5.66. The van der Waals surface area contributed by atoms with Gasteiger partial charge in [0.2, 0.25) is 0 Å². The number of rotatable bonds is 9. The largest absolute Gasteiger partial charge is 0.501 e. The van der Waals surface area contributed by atoms with Crippen LogP contribution >= 0.6 is 0 Å². The van der Waals surface area contributed by atoms with Crippen LogP contribution in [0.3, 0.4) is 0 Å². The van der Waals surface area contributed by atoms with Crippen LogP contribution in [0.5, 0.6) is 0 Å². The average Bonchev–Trinajstić information content (AvgIpc) is 3.89. The number of para-hydroxylation sites is 2. The van der Waals surface area contributed by atoms with Crippen molar-refractivity contribution >= 4 is 61.5 Å². The Morgan fingerprint density at radius 2 is 1.33 bits per heavy atom. The molecule has 0 unspecified atom stereocenters. The van der Waals surface area contributed by atoms with Gasteiger partial charge in [-0.05, 0) is 65.3 Å². The molecule has 0 N–H and O–H groups in total. The van der Waals surface area contributed by atoms with E-state index in [1.165, 1.54) is 33.5 Å². The Bertz CT molecular complexity index is 3300. The Morgan fingerprint density at radius 1 is 0.667 bits per heavy atom. The molecular weight excluding hydrogens is 1050 g/mol. The summed E-state index contributed by atoms with van der Waals surface area (Å²) in [6, 6.07) is 53.4. The van der Waals surface area contributed by atoms with Gasteiger partial charge in [-0.1, -0.05) is 105 Å². The number of benzene rings is 6. The molecule has 0 aliphatic heterocycles. The van der Waals surface area contributed by atoms with E-state index in [0.29, 0.717) is 5.92 Å². The zero-order valence-corrected chi connectivity index (χ0v) is 44.2. The summed E-state index contributed by atoms with van der Waals surface area (Å²) in [6.07, 6.45) is 3.27. The summed E-state index contributed by atoms with van der Waals surface area (Å²) in [6.45, 7) is 15.8. The molecule has 0 aliphatic rings. The molecule has 0 saturated heterocycles. The zero-order valence-electron chi connectivity index (χ0n) is 39.7. The average molecular weight is 1100 g/mol. The van der Waals surface area contributed by atoms with Crippen LogP contribution in [0.4, 0.5) is 0 Å². The van der Waals surface area contributed by atoms with Crippen molar-refractivity contribution in [2.24, 2.45) is 5.92 Å². The van der Waals surface area contributed by atoms with Crippen LogP contribution in [0.2, 0.25) is 17.3 Å². The zero-order chi connectivity index (χ0) is 45.6. The standard InChI is InChI=1S/C41H34N3O.C18H24GeN.Ir/c1-24(2)33-22-28(27-14-7-6-8-15-27)23-34(25(3)4)38(33)44-39-31-17-9-11-20-35(31)42-26(5)37(39)43-41(44)32-19-13-18-30-29-16-10-12-21-36(29)45-40(30)32;1-14(2)11-16-12-18(15-9-7-6-8-10-15)20-13-17(16)19(3,4)5;/h6-18,20-25H,1-5H3;6-9,12-14H,11H2,1-5H3;/q2*-1;. The van der Waals surface area contributed by atoms with Crippen molar-refractivity contribution in [2.45, 2.75) is 84.0 Å². The van der Waals surface area contributed by atoms with Crippen molar-refractivity contribution in [3.05, 3.63) is 174 Å². The molecule has 335 valence electrons. The van der Waals surface area contributed by atoms with Crippen molar-refractivity contribution in [1.82, 2.24) is 19.5 Å². The smallest absolute Gasteiger partial charge is 0.120 e. The number of hydrogen-bond acceptors (Lipinski definition) is 4. The number of aryl methyl sites for hydroxylation is 1. The molecule has 0 fully saturated rings. The first kappa shape index (κ1) is 46.9. The second-order valence-electron chi connectivity index (χ2n) is 19.4. The SMILES string of the molecule is CC(C)Cc1cc(-c2[c-]cccc2)nc[c]1[Ge]([CH3])([CH3])[CH3].Cc1nc2ccccc2c2c1nc(-c1[c-]ccc3c1oc1ccccc13)n2-c1c(C(C)C)cc(-c2ccccc2)cc1C(C)C.[Ir]. The van der Waals surface area contributed by atoms with Crippen LogP contribution in [-0.2, 0) is 26.5 Å². The van der Waals surface area contributed by atoms with Crippen molar-refractivity contribution < 1.29 is 24.5 Å². The van der Waals surface area contributed by atoms with E-state index in [1.54, 1.807) is 4.40 Å². The number of imidazole rings is 1. The van der Waals surface area contributed by atoms with Crippen LogP contribution in [0.25, 0.3) is 83.3 Å². The van der Waals surface area contributed by atoms with Gasteiger partial charge in [0.25, 0.3) is 0 Å². The molecule has 7 heteroatoms. The van der Waals surface area contributed by atoms with Crippen molar-refractivity contribution in [3.8, 4) is 39.5 Å². The summed E-state index contributed by atoms with van der Waals surface area (Å²) in [4.78, 5) is 15.1. The van der Waals surface area contributed by atoms with Gasteiger partial charge in [0.15, 0.2) is 0 Å². The van der Waals surface area contributed by atoms with Gasteiger partial charge >= 0.3 is 126 Å². The Balaban J connectivity index is 0.000000238. The van der Waals surface area contributed by atoms with E-state index in [9.17, 15) is 0 Å². The summed E-state index contributed by atoms with van der Waals surface area (Å²) >= 11 is -1.86. The van der Waals surface area contributed by atoms with Gasteiger partial charge in [0, 0.05) is 36.6 Å². The maximum absolute atomic E-state index is 6.57. The minimum Gasteiger partial charge on any atom is -0.501 e. The molecule has 0 bridgehead atoms. The maximum Gasteiger partial charge on any atom is 0.120 e. The second-order valence-corrected chi connectivity index (χ2v) is 30.0. The van der Waals surface area contributed by atoms with Gasteiger partial charge in [-0.25, -0.2) is 0 Å². The number of fused-ring (bicyclic) bond motifs is 6. The van der Waals surface area contributed by atoms with E-state index in [1.807, 2.05) is 36.4 Å². The molecule has 5 nitrogen and oxygen atoms in total. The fraction of sp³-hybridized carbons (Fsp3) is 0.237. The summed E-state index contributed by atoms with van der Waals surface area (Å²) in [7, 11) is 0. The first-order chi connectivity index (χ1) is 31.3. The molecule has 4 aromatic heterocycles. The van der Waals surface area contributed by atoms with Gasteiger partial charge in [-0.2, -0.15) is 0 Å². The molecular formula is C59H58GeIrN4O-2. The molecule has 1 radical (unpaired) electrons. The molecule has 10 aromatic rings.